The van der Waals surface area contributed by atoms with Crippen LogP contribution in [0.5, 0.6) is 0 Å². The van der Waals surface area contributed by atoms with E-state index in [0.717, 1.165) is 0 Å². The summed E-state index contributed by atoms with van der Waals surface area (Å²) in [7, 11) is 6.53. The Morgan fingerprint density at radius 3 is 1.91 bits per heavy atom. The van der Waals surface area contributed by atoms with Crippen LogP contribution in [0.3, 0.4) is 0 Å². The molecule has 1 aromatic carbocycles. The van der Waals surface area contributed by atoms with Gasteiger partial charge in [0.2, 0.25) is 23.6 Å². The molecule has 9 atom stereocenters. The van der Waals surface area contributed by atoms with Crippen molar-refractivity contribution in [1.29, 1.82) is 0 Å². The number of hydrogen-bond donors (Lipinski definition) is 4. The predicted octanol–water partition coefficient (Wildman–Crippen LogP) is 3.07. The first kappa shape index (κ1) is 55.5. The van der Waals surface area contributed by atoms with Gasteiger partial charge in [-0.1, -0.05) is 85.2 Å². The van der Waals surface area contributed by atoms with Crippen molar-refractivity contribution in [2.45, 2.75) is 143 Å². The average Bonchev–Trinajstić information content (AvgIpc) is 3.71. The highest BCUT2D eigenvalue weighted by Gasteiger charge is 2.44. The van der Waals surface area contributed by atoms with Crippen LogP contribution in [0.15, 0.2) is 30.3 Å². The van der Waals surface area contributed by atoms with E-state index in [4.69, 9.17) is 14.3 Å². The van der Waals surface area contributed by atoms with Crippen molar-refractivity contribution >= 4 is 41.5 Å². The number of carbonyl (C=O) groups excluding carboxylic acids is 5. The number of aliphatic carboxylic acids is 2. The number of nitrogens with one attached hydrogen (secondary N) is 2. The molecule has 0 aliphatic carbocycles. The molecule has 64 heavy (non-hydrogen) atoms. The van der Waals surface area contributed by atoms with E-state index in [0.29, 0.717) is 36.4 Å². The van der Waals surface area contributed by atoms with Crippen LogP contribution in [-0.4, -0.2) is 168 Å². The van der Waals surface area contributed by atoms with Gasteiger partial charge in [-0.2, -0.15) is 0 Å². The third-order valence-electron chi connectivity index (χ3n) is 12.4. The van der Waals surface area contributed by atoms with Crippen LogP contribution in [-0.2, 0) is 54.3 Å². The van der Waals surface area contributed by atoms with Crippen molar-refractivity contribution in [2.24, 2.45) is 23.7 Å². The number of nitrogens with zero attached hydrogens (tertiary/aromatic N) is 4. The van der Waals surface area contributed by atoms with Gasteiger partial charge in [-0.15, -0.1) is 5.06 Å². The number of hydroxylamine groups is 2. The lowest BCUT2D eigenvalue weighted by molar-refractivity contribution is -0.199. The second-order valence-corrected chi connectivity index (χ2v) is 18.0. The number of carboxylic acids is 2. The highest BCUT2D eigenvalue weighted by Crippen LogP contribution is 2.30. The Hall–Kier alpha value is -4.65. The van der Waals surface area contributed by atoms with Crippen molar-refractivity contribution in [3.63, 3.8) is 0 Å². The molecular weight excluding hydrogens is 829 g/mol. The molecule has 1 heterocycles. The lowest BCUT2D eigenvalue weighted by Crippen LogP contribution is -2.60. The number of likely N-dealkylation sites (N-methyl/N-ethyl adjacent to an activating group) is 2. The lowest BCUT2D eigenvalue weighted by Gasteiger charge is -2.41. The fourth-order valence-corrected chi connectivity index (χ4v) is 8.52. The Balaban J connectivity index is 2.36. The first-order chi connectivity index (χ1) is 30.0. The average molecular weight is 905 g/mol. The molecule has 1 saturated heterocycles. The van der Waals surface area contributed by atoms with Crippen molar-refractivity contribution in [3.8, 4) is 0 Å². The summed E-state index contributed by atoms with van der Waals surface area (Å²) in [6.45, 7) is 15.9. The molecule has 362 valence electrons. The Morgan fingerprint density at radius 1 is 0.828 bits per heavy atom. The Bertz CT molecular complexity index is 1680. The standard InChI is InChI=1S/C46H76N6O12/c1-14-30(8)41(50(11)45(60)39(27(2)3)48-44(59)40(28(4)5)49(10)29(6)7)35(62-12)24-36(53)52-22-18-21-34(52)42(63-13)31(9)43(58)47-33(23-32-19-16-15-17-20-32)46(61)64-51(25-37(54)55)26-38(56)57/h15-17,19-20,27-31,33-35,39-42H,14,18,21-26H2,1-13H3,(H,47,58)(H,48,59)(H,54,55)(H,56,57)/t30-,31+,33-,34-,35+,39-,40-,41-,42+/m0/s1. The monoisotopic (exact) mass is 905 g/mol. The summed E-state index contributed by atoms with van der Waals surface area (Å²) < 4.78 is 12.0. The highest BCUT2D eigenvalue weighted by molar-refractivity contribution is 5.90. The number of ether oxygens (including phenoxy) is 2. The van der Waals surface area contributed by atoms with Crippen molar-refractivity contribution in [2.75, 3.05) is 47.9 Å². The molecule has 1 aliphatic heterocycles. The number of benzene rings is 1. The quantitative estimate of drug-likeness (QED) is 0.0933. The summed E-state index contributed by atoms with van der Waals surface area (Å²) in [5.74, 6) is -6.58. The molecule has 0 saturated carbocycles. The van der Waals surface area contributed by atoms with Crippen molar-refractivity contribution in [1.82, 2.24) is 30.4 Å². The number of carbonyl (C=O) groups is 7. The van der Waals surface area contributed by atoms with Gasteiger partial charge in [0.25, 0.3) is 0 Å². The largest absolute Gasteiger partial charge is 0.480 e. The van der Waals surface area contributed by atoms with E-state index in [-0.39, 0.29) is 54.4 Å². The van der Waals surface area contributed by atoms with Gasteiger partial charge in [0.15, 0.2) is 0 Å². The van der Waals surface area contributed by atoms with Gasteiger partial charge in [0.05, 0.1) is 42.7 Å². The van der Waals surface area contributed by atoms with E-state index in [2.05, 4.69) is 10.6 Å². The highest BCUT2D eigenvalue weighted by atomic mass is 16.7. The molecule has 0 bridgehead atoms. The minimum atomic E-state index is -1.43. The summed E-state index contributed by atoms with van der Waals surface area (Å²) >= 11 is 0. The van der Waals surface area contributed by atoms with Crippen LogP contribution in [0.1, 0.15) is 93.6 Å². The molecule has 1 fully saturated rings. The molecular formula is C46H76N6O12. The third-order valence-corrected chi connectivity index (χ3v) is 12.4. The summed E-state index contributed by atoms with van der Waals surface area (Å²) in [5.41, 5.74) is 0.644. The maximum Gasteiger partial charge on any atom is 0.347 e. The number of methoxy groups -OCH3 is 2. The van der Waals surface area contributed by atoms with Crippen LogP contribution in [0.25, 0.3) is 0 Å². The zero-order valence-electron chi connectivity index (χ0n) is 40.2. The molecule has 4 N–H and O–H groups in total. The normalized spacial score (nSPS) is 18.0. The van der Waals surface area contributed by atoms with Crippen LogP contribution >= 0.6 is 0 Å². The number of amides is 4. The summed E-state index contributed by atoms with van der Waals surface area (Å²) in [6, 6.07) is 5.09. The molecule has 2 rings (SSSR count). The fraction of sp³-hybridized carbons (Fsp3) is 0.717. The second kappa shape index (κ2) is 26.3. The van der Waals surface area contributed by atoms with Gasteiger partial charge in [0, 0.05) is 40.3 Å². The Labute approximate surface area is 379 Å². The lowest BCUT2D eigenvalue weighted by atomic mass is 9.89. The zero-order valence-corrected chi connectivity index (χ0v) is 40.2. The van der Waals surface area contributed by atoms with E-state index in [9.17, 15) is 43.8 Å². The first-order valence-corrected chi connectivity index (χ1v) is 22.4. The SMILES string of the molecule is CC[C@H](C)[C@@H]([C@@H](CC(=O)N1CCC[C@H]1[C@H](OC)[C@@H](C)C(=O)N[C@@H](Cc1ccccc1)C(=O)ON(CC(=O)O)CC(=O)O)OC)N(C)C(=O)[C@@H](NC(=O)[C@H](C(C)C)N(C)C(C)C)C(C)C. The smallest absolute Gasteiger partial charge is 0.347 e. The first-order valence-electron chi connectivity index (χ1n) is 22.4. The maximum absolute atomic E-state index is 14.4. The van der Waals surface area contributed by atoms with E-state index in [1.807, 2.05) is 67.3 Å². The van der Waals surface area contributed by atoms with Crippen molar-refractivity contribution in [3.05, 3.63) is 35.9 Å². The molecule has 0 radical (unpaired) electrons. The van der Waals surface area contributed by atoms with E-state index >= 15 is 0 Å². The second-order valence-electron chi connectivity index (χ2n) is 18.0. The summed E-state index contributed by atoms with van der Waals surface area (Å²) in [5, 5.41) is 24.8. The number of rotatable bonds is 27. The van der Waals surface area contributed by atoms with Gasteiger partial charge in [-0.05, 0) is 57.1 Å². The molecule has 18 heteroatoms. The molecule has 1 aromatic rings. The molecule has 0 spiro atoms. The third kappa shape index (κ3) is 15.8. The molecule has 18 nitrogen and oxygen atoms in total. The molecule has 0 aromatic heterocycles. The van der Waals surface area contributed by atoms with Crippen molar-refractivity contribution < 1.29 is 58.1 Å². The summed E-state index contributed by atoms with van der Waals surface area (Å²) in [6.07, 6.45) is 0.113. The number of likely N-dealkylation sites (tertiary alicyclic amines) is 1. The fourth-order valence-electron chi connectivity index (χ4n) is 8.52. The molecule has 0 unspecified atom stereocenters. The molecule has 4 amide bonds. The van der Waals surface area contributed by atoms with Gasteiger partial charge in [-0.3, -0.25) is 33.7 Å². The number of hydrogen-bond acceptors (Lipinski definition) is 12. The van der Waals surface area contributed by atoms with E-state index in [1.165, 1.54) is 14.2 Å². The molecule has 1 aliphatic rings. The minimum Gasteiger partial charge on any atom is -0.480 e. The van der Waals surface area contributed by atoms with E-state index in [1.54, 1.807) is 54.1 Å². The van der Waals surface area contributed by atoms with Gasteiger partial charge >= 0.3 is 17.9 Å². The summed E-state index contributed by atoms with van der Waals surface area (Å²) in [4.78, 5) is 103. The Kier molecular flexibility index (Phi) is 22.8. The van der Waals surface area contributed by atoms with Crippen LogP contribution < -0.4 is 10.6 Å². The number of carboxylic acid groups (broad SMARTS) is 2. The minimum absolute atomic E-state index is 0.00941. The van der Waals surface area contributed by atoms with Gasteiger partial charge in [0.1, 0.15) is 25.2 Å². The predicted molar refractivity (Wildman–Crippen MR) is 239 cm³/mol. The van der Waals surface area contributed by atoms with Gasteiger partial charge < -0.3 is 45.0 Å². The van der Waals surface area contributed by atoms with Gasteiger partial charge in [-0.25, -0.2) is 4.79 Å². The zero-order chi connectivity index (χ0) is 48.6. The Morgan fingerprint density at radius 2 is 1.42 bits per heavy atom. The van der Waals surface area contributed by atoms with Crippen LogP contribution in [0.2, 0.25) is 0 Å². The van der Waals surface area contributed by atoms with Crippen LogP contribution in [0.4, 0.5) is 0 Å². The van der Waals surface area contributed by atoms with E-state index < -0.39 is 85.2 Å². The van der Waals surface area contributed by atoms with Crippen LogP contribution in [0, 0.1) is 23.7 Å². The topological polar surface area (TPSA) is 225 Å². The maximum atomic E-state index is 14.4.